The van der Waals surface area contributed by atoms with Gasteiger partial charge in [0.15, 0.2) is 0 Å². The fourth-order valence-electron chi connectivity index (χ4n) is 2.93. The van der Waals surface area contributed by atoms with E-state index in [-0.39, 0.29) is 12.0 Å². The molecule has 128 valence electrons. The van der Waals surface area contributed by atoms with Crippen LogP contribution in [0.25, 0.3) is 0 Å². The van der Waals surface area contributed by atoms with Crippen molar-refractivity contribution in [2.24, 2.45) is 0 Å². The molecule has 3 heterocycles. The second kappa shape index (κ2) is 7.21. The maximum atomic E-state index is 12.4. The number of amides is 1. The van der Waals surface area contributed by atoms with Crippen LogP contribution in [0.15, 0.2) is 54.9 Å². The first-order valence-corrected chi connectivity index (χ1v) is 9.19. The van der Waals surface area contributed by atoms with E-state index in [9.17, 15) is 4.79 Å². The number of nitrogens with zero attached hydrogens (tertiary/aromatic N) is 2. The predicted molar refractivity (Wildman–Crippen MR) is 98.0 cm³/mol. The summed E-state index contributed by atoms with van der Waals surface area (Å²) < 4.78 is 7.49. The zero-order valence-corrected chi connectivity index (χ0v) is 14.5. The normalized spacial score (nSPS) is 16.9. The number of hydrogen-bond acceptors (Lipinski definition) is 4. The van der Waals surface area contributed by atoms with Crippen LogP contribution in [0.5, 0.6) is 0 Å². The van der Waals surface area contributed by atoms with Crippen LogP contribution in [0, 0.1) is 0 Å². The number of hydrogen-bond donors (Lipinski definition) is 1. The fourth-order valence-corrected chi connectivity index (χ4v) is 3.91. The van der Waals surface area contributed by atoms with Gasteiger partial charge in [-0.1, -0.05) is 30.3 Å². The summed E-state index contributed by atoms with van der Waals surface area (Å²) in [5, 5.41) is 7.23. The van der Waals surface area contributed by atoms with Gasteiger partial charge in [0.2, 0.25) is 0 Å². The first-order chi connectivity index (χ1) is 12.3. The van der Waals surface area contributed by atoms with Crippen molar-refractivity contribution in [1.82, 2.24) is 9.78 Å². The van der Waals surface area contributed by atoms with E-state index < -0.39 is 0 Å². The van der Waals surface area contributed by atoms with Gasteiger partial charge in [0.1, 0.15) is 0 Å². The number of carbonyl (C=O) groups is 1. The summed E-state index contributed by atoms with van der Waals surface area (Å²) in [5.74, 6) is -0.103. The lowest BCUT2D eigenvalue weighted by atomic mass is 10.2. The molecule has 6 heteroatoms. The Kier molecular flexibility index (Phi) is 4.63. The largest absolute Gasteiger partial charge is 0.373 e. The minimum Gasteiger partial charge on any atom is -0.373 e. The molecule has 3 aromatic rings. The number of benzene rings is 1. The summed E-state index contributed by atoms with van der Waals surface area (Å²) in [6.07, 6.45) is 5.80. The Morgan fingerprint density at radius 1 is 1.28 bits per heavy atom. The molecule has 25 heavy (non-hydrogen) atoms. The van der Waals surface area contributed by atoms with E-state index in [2.05, 4.69) is 22.5 Å². The van der Waals surface area contributed by atoms with E-state index in [1.54, 1.807) is 6.20 Å². The SMILES string of the molecule is O=C(Nc1cnn(Cc2ccccc2)c1)c1ccc(C2CCCO2)s1. The van der Waals surface area contributed by atoms with E-state index in [1.165, 1.54) is 16.9 Å². The molecule has 4 rings (SSSR count). The highest BCUT2D eigenvalue weighted by Gasteiger charge is 2.21. The maximum absolute atomic E-state index is 12.4. The average molecular weight is 353 g/mol. The first kappa shape index (κ1) is 16.1. The summed E-state index contributed by atoms with van der Waals surface area (Å²) in [7, 11) is 0. The van der Waals surface area contributed by atoms with Gasteiger partial charge in [-0.2, -0.15) is 5.10 Å². The molecular formula is C19H19N3O2S. The standard InChI is InChI=1S/C19H19N3O2S/c23-19(18-9-8-17(25-18)16-7-4-10-24-16)21-15-11-20-22(13-15)12-14-5-2-1-3-6-14/h1-3,5-6,8-9,11,13,16H,4,7,10,12H2,(H,21,23). The Morgan fingerprint density at radius 3 is 2.96 bits per heavy atom. The molecule has 1 unspecified atom stereocenters. The molecule has 1 atom stereocenters. The highest BCUT2D eigenvalue weighted by molar-refractivity contribution is 7.14. The molecule has 0 aliphatic carbocycles. The van der Waals surface area contributed by atoms with Crippen LogP contribution in [0.1, 0.15) is 39.1 Å². The first-order valence-electron chi connectivity index (χ1n) is 8.37. The zero-order chi connectivity index (χ0) is 17.1. The number of aromatic nitrogens is 2. The number of carbonyl (C=O) groups excluding carboxylic acids is 1. The minimum absolute atomic E-state index is 0.103. The molecule has 1 aliphatic heterocycles. The number of ether oxygens (including phenoxy) is 1. The third-order valence-corrected chi connectivity index (χ3v) is 5.35. The van der Waals surface area contributed by atoms with Crippen molar-refractivity contribution in [3.63, 3.8) is 0 Å². The van der Waals surface area contributed by atoms with E-state index in [4.69, 9.17) is 4.74 Å². The Bertz CT molecular complexity index is 850. The van der Waals surface area contributed by atoms with Gasteiger partial charge in [0.05, 0.1) is 29.4 Å². The van der Waals surface area contributed by atoms with Crippen molar-refractivity contribution in [2.45, 2.75) is 25.5 Å². The monoisotopic (exact) mass is 353 g/mol. The highest BCUT2D eigenvalue weighted by atomic mass is 32.1. The van der Waals surface area contributed by atoms with Gasteiger partial charge in [0, 0.05) is 17.7 Å². The Balaban J connectivity index is 1.39. The van der Waals surface area contributed by atoms with Gasteiger partial charge >= 0.3 is 0 Å². The Hall–Kier alpha value is -2.44. The number of rotatable bonds is 5. The van der Waals surface area contributed by atoms with Crippen molar-refractivity contribution >= 4 is 22.9 Å². The summed E-state index contributed by atoms with van der Waals surface area (Å²) in [6.45, 7) is 1.49. The van der Waals surface area contributed by atoms with Crippen molar-refractivity contribution in [2.75, 3.05) is 11.9 Å². The summed E-state index contributed by atoms with van der Waals surface area (Å²) >= 11 is 1.50. The molecule has 0 spiro atoms. The quantitative estimate of drug-likeness (QED) is 0.751. The lowest BCUT2D eigenvalue weighted by Crippen LogP contribution is -2.09. The van der Waals surface area contributed by atoms with Gasteiger partial charge in [-0.25, -0.2) is 0 Å². The van der Waals surface area contributed by atoms with Crippen LogP contribution >= 0.6 is 11.3 Å². The maximum Gasteiger partial charge on any atom is 0.265 e. The highest BCUT2D eigenvalue weighted by Crippen LogP contribution is 2.33. The molecule has 0 bridgehead atoms. The van der Waals surface area contributed by atoms with Crippen molar-refractivity contribution in [1.29, 1.82) is 0 Å². The predicted octanol–water partition coefficient (Wildman–Crippen LogP) is 4.10. The lowest BCUT2D eigenvalue weighted by molar-refractivity contribution is 0.103. The van der Waals surface area contributed by atoms with Crippen molar-refractivity contribution < 1.29 is 9.53 Å². The molecule has 1 amide bonds. The smallest absolute Gasteiger partial charge is 0.265 e. The number of thiophene rings is 1. The van der Waals surface area contributed by atoms with E-state index in [0.29, 0.717) is 17.1 Å². The van der Waals surface area contributed by atoms with E-state index in [0.717, 1.165) is 24.3 Å². The molecule has 0 saturated carbocycles. The van der Waals surface area contributed by atoms with E-state index in [1.807, 2.05) is 41.2 Å². The van der Waals surface area contributed by atoms with Gasteiger partial charge in [0.25, 0.3) is 5.91 Å². The molecule has 2 aromatic heterocycles. The molecular weight excluding hydrogens is 334 g/mol. The van der Waals surface area contributed by atoms with Gasteiger partial charge in [-0.05, 0) is 30.5 Å². The number of anilines is 1. The van der Waals surface area contributed by atoms with Crippen LogP contribution in [-0.2, 0) is 11.3 Å². The molecule has 1 fully saturated rings. The van der Waals surface area contributed by atoms with Crippen molar-refractivity contribution in [3.05, 3.63) is 70.2 Å². The lowest BCUT2D eigenvalue weighted by Gasteiger charge is -2.05. The molecule has 5 nitrogen and oxygen atoms in total. The second-order valence-corrected chi connectivity index (χ2v) is 7.19. The second-order valence-electron chi connectivity index (χ2n) is 6.07. The van der Waals surface area contributed by atoms with Gasteiger partial charge < -0.3 is 10.1 Å². The van der Waals surface area contributed by atoms with Crippen LogP contribution < -0.4 is 5.32 Å². The van der Waals surface area contributed by atoms with Crippen LogP contribution in [0.4, 0.5) is 5.69 Å². The molecule has 0 radical (unpaired) electrons. The summed E-state index contributed by atoms with van der Waals surface area (Å²) in [4.78, 5) is 14.3. The third kappa shape index (κ3) is 3.81. The molecule has 1 saturated heterocycles. The van der Waals surface area contributed by atoms with Crippen LogP contribution in [0.3, 0.4) is 0 Å². The number of nitrogens with one attached hydrogen (secondary N) is 1. The van der Waals surface area contributed by atoms with Gasteiger partial charge in [-0.15, -0.1) is 11.3 Å². The zero-order valence-electron chi connectivity index (χ0n) is 13.7. The summed E-state index contributed by atoms with van der Waals surface area (Å²) in [6, 6.07) is 14.0. The van der Waals surface area contributed by atoms with Crippen LogP contribution in [0.2, 0.25) is 0 Å². The summed E-state index contributed by atoms with van der Waals surface area (Å²) in [5.41, 5.74) is 1.87. The molecule has 1 aromatic carbocycles. The Morgan fingerprint density at radius 2 is 2.16 bits per heavy atom. The topological polar surface area (TPSA) is 56.2 Å². The third-order valence-electron chi connectivity index (χ3n) is 4.18. The Labute approximate surface area is 150 Å². The fraction of sp³-hybridized carbons (Fsp3) is 0.263. The molecule has 1 N–H and O–H groups in total. The minimum atomic E-state index is -0.103. The van der Waals surface area contributed by atoms with Crippen molar-refractivity contribution in [3.8, 4) is 0 Å². The average Bonchev–Trinajstić information content (AvgIpc) is 3.37. The van der Waals surface area contributed by atoms with E-state index >= 15 is 0 Å². The van der Waals surface area contributed by atoms with Crippen LogP contribution in [-0.4, -0.2) is 22.3 Å². The van der Waals surface area contributed by atoms with Gasteiger partial charge in [-0.3, -0.25) is 9.48 Å². The molecule has 1 aliphatic rings.